The highest BCUT2D eigenvalue weighted by Crippen LogP contribution is 2.29. The summed E-state index contributed by atoms with van der Waals surface area (Å²) in [7, 11) is 0. The number of nitrogens with zero attached hydrogens (tertiary/aromatic N) is 4. The minimum atomic E-state index is 0.116. The van der Waals surface area contributed by atoms with Crippen LogP contribution in [0.5, 0.6) is 0 Å². The Bertz CT molecular complexity index is 1030. The molecule has 2 aliphatic rings. The van der Waals surface area contributed by atoms with Gasteiger partial charge in [-0.25, -0.2) is 4.68 Å². The van der Waals surface area contributed by atoms with E-state index in [4.69, 9.17) is 0 Å². The minimum absolute atomic E-state index is 0.116. The average molecular weight is 527 g/mol. The maximum absolute atomic E-state index is 11.4. The van der Waals surface area contributed by atoms with E-state index < -0.39 is 0 Å². The Morgan fingerprint density at radius 3 is 2.50 bits per heavy atom. The summed E-state index contributed by atoms with van der Waals surface area (Å²) >= 11 is 3.51. The largest absolute Gasteiger partial charge is 0.374 e. The predicted octanol–water partition coefficient (Wildman–Crippen LogP) is 5.52. The summed E-state index contributed by atoms with van der Waals surface area (Å²) in [4.78, 5) is 17.7. The van der Waals surface area contributed by atoms with Crippen LogP contribution in [0.25, 0.3) is 5.70 Å². The molecule has 0 radical (unpaired) electrons. The number of nitrogens with one attached hydrogen (secondary N) is 1. The van der Waals surface area contributed by atoms with E-state index in [0.717, 1.165) is 65.9 Å². The lowest BCUT2D eigenvalue weighted by Gasteiger charge is -2.37. The Balaban J connectivity index is 0.000000343. The van der Waals surface area contributed by atoms with E-state index in [0.29, 0.717) is 12.3 Å². The highest BCUT2D eigenvalue weighted by atomic mass is 79.9. The molecule has 7 heteroatoms. The molecule has 6 nitrogen and oxygen atoms in total. The van der Waals surface area contributed by atoms with E-state index in [9.17, 15) is 4.79 Å². The summed E-state index contributed by atoms with van der Waals surface area (Å²) in [6.45, 7) is 16.7. The molecule has 1 N–H and O–H groups in total. The first-order chi connectivity index (χ1) is 16.3. The fourth-order valence-corrected chi connectivity index (χ4v) is 4.68. The lowest BCUT2D eigenvalue weighted by molar-refractivity contribution is -0.119. The van der Waals surface area contributed by atoms with E-state index in [1.54, 1.807) is 6.20 Å². The number of likely N-dealkylation sites (tertiary alicyclic amines) is 1. The lowest BCUT2D eigenvalue weighted by atomic mass is 9.89. The molecule has 1 amide bonds. The van der Waals surface area contributed by atoms with Crippen molar-refractivity contribution in [3.8, 4) is 0 Å². The first kappa shape index (κ1) is 25.9. The first-order valence-electron chi connectivity index (χ1n) is 12.0. The molecule has 1 atom stereocenters. The Morgan fingerprint density at radius 1 is 1.26 bits per heavy atom. The van der Waals surface area contributed by atoms with Gasteiger partial charge in [0.15, 0.2) is 0 Å². The molecular formula is C27H36BrN5O. The van der Waals surface area contributed by atoms with Crippen LogP contribution in [0.15, 0.2) is 65.7 Å². The molecule has 2 saturated heterocycles. The van der Waals surface area contributed by atoms with Gasteiger partial charge in [0.05, 0.1) is 22.4 Å². The highest BCUT2D eigenvalue weighted by Gasteiger charge is 2.29. The quantitative estimate of drug-likeness (QED) is 0.504. The Kier molecular flexibility index (Phi) is 9.28. The van der Waals surface area contributed by atoms with Gasteiger partial charge in [-0.15, -0.1) is 0 Å². The molecule has 4 rings (SSSR count). The van der Waals surface area contributed by atoms with Gasteiger partial charge in [-0.1, -0.05) is 31.7 Å². The van der Waals surface area contributed by atoms with Crippen LogP contribution in [0.4, 0.5) is 0 Å². The van der Waals surface area contributed by atoms with Crippen molar-refractivity contribution in [1.29, 1.82) is 0 Å². The van der Waals surface area contributed by atoms with Gasteiger partial charge >= 0.3 is 0 Å². The second-order valence-corrected chi connectivity index (χ2v) is 9.83. The fourth-order valence-electron chi connectivity index (χ4n) is 4.42. The van der Waals surface area contributed by atoms with Crippen LogP contribution in [0, 0.1) is 12.8 Å². The summed E-state index contributed by atoms with van der Waals surface area (Å²) in [6.07, 6.45) is 12.3. The van der Waals surface area contributed by atoms with E-state index in [2.05, 4.69) is 75.4 Å². The SMILES string of the molecule is C=C(/C=C(/C)n1ncc(Br)c1C)C1CCN(C(=C)C2CCC(=O)N2)CC1.CCc1cccnc1. The van der Waals surface area contributed by atoms with E-state index >= 15 is 0 Å². The molecular weight excluding hydrogens is 490 g/mol. The lowest BCUT2D eigenvalue weighted by Crippen LogP contribution is -2.40. The number of halogens is 1. The van der Waals surface area contributed by atoms with Gasteiger partial charge in [0.25, 0.3) is 0 Å². The van der Waals surface area contributed by atoms with Gasteiger partial charge in [0.2, 0.25) is 5.91 Å². The van der Waals surface area contributed by atoms with Crippen molar-refractivity contribution in [3.05, 3.63) is 77.0 Å². The molecule has 1 unspecified atom stereocenters. The topological polar surface area (TPSA) is 63.1 Å². The number of aromatic nitrogens is 3. The van der Waals surface area contributed by atoms with E-state index in [-0.39, 0.29) is 11.9 Å². The highest BCUT2D eigenvalue weighted by molar-refractivity contribution is 9.10. The van der Waals surface area contributed by atoms with Crippen LogP contribution >= 0.6 is 15.9 Å². The number of rotatable bonds is 6. The second kappa shape index (κ2) is 12.2. The zero-order chi connectivity index (χ0) is 24.7. The normalized spacial score (nSPS) is 18.8. The molecule has 2 fully saturated rings. The van der Waals surface area contributed by atoms with Crippen molar-refractivity contribution < 1.29 is 4.79 Å². The van der Waals surface area contributed by atoms with E-state index in [1.807, 2.05) is 30.1 Å². The van der Waals surface area contributed by atoms with Gasteiger partial charge in [-0.05, 0) is 79.1 Å². The van der Waals surface area contributed by atoms with Crippen molar-refractivity contribution in [2.45, 2.75) is 58.9 Å². The number of amides is 1. The van der Waals surface area contributed by atoms with Crippen molar-refractivity contribution in [2.24, 2.45) is 5.92 Å². The number of hydrogen-bond acceptors (Lipinski definition) is 4. The molecule has 0 bridgehead atoms. The Labute approximate surface area is 212 Å². The number of carbonyl (C=O) groups is 1. The number of hydrogen-bond donors (Lipinski definition) is 1. The van der Waals surface area contributed by atoms with Crippen LogP contribution in [0.1, 0.15) is 50.8 Å². The van der Waals surface area contributed by atoms with E-state index in [1.165, 1.54) is 5.56 Å². The smallest absolute Gasteiger partial charge is 0.220 e. The fraction of sp³-hybridized carbons (Fsp3) is 0.444. The molecule has 0 aromatic carbocycles. The van der Waals surface area contributed by atoms with Gasteiger partial charge < -0.3 is 10.2 Å². The van der Waals surface area contributed by atoms with Crippen LogP contribution in [0.2, 0.25) is 0 Å². The number of allylic oxidation sites excluding steroid dienone is 3. The summed E-state index contributed by atoms with van der Waals surface area (Å²) in [5.74, 6) is 0.618. The van der Waals surface area contributed by atoms with Gasteiger partial charge in [-0.2, -0.15) is 5.10 Å². The summed E-state index contributed by atoms with van der Waals surface area (Å²) < 4.78 is 2.95. The molecule has 2 aliphatic heterocycles. The molecule has 2 aromatic heterocycles. The van der Waals surface area contributed by atoms with Crippen LogP contribution in [0.3, 0.4) is 0 Å². The molecule has 182 valence electrons. The van der Waals surface area contributed by atoms with Gasteiger partial charge in [0.1, 0.15) is 0 Å². The van der Waals surface area contributed by atoms with Crippen molar-refractivity contribution in [2.75, 3.05) is 13.1 Å². The maximum Gasteiger partial charge on any atom is 0.220 e. The molecule has 34 heavy (non-hydrogen) atoms. The van der Waals surface area contributed by atoms with Crippen molar-refractivity contribution in [3.63, 3.8) is 0 Å². The molecule has 0 aliphatic carbocycles. The third kappa shape index (κ3) is 6.69. The van der Waals surface area contributed by atoms with Crippen LogP contribution < -0.4 is 5.32 Å². The molecule has 4 heterocycles. The maximum atomic E-state index is 11.4. The Hall–Kier alpha value is -2.67. The van der Waals surface area contributed by atoms with Crippen LogP contribution in [-0.4, -0.2) is 44.7 Å². The third-order valence-corrected chi connectivity index (χ3v) is 7.41. The Morgan fingerprint density at radius 2 is 2.00 bits per heavy atom. The summed E-state index contributed by atoms with van der Waals surface area (Å²) in [6, 6.07) is 4.15. The zero-order valence-electron chi connectivity index (χ0n) is 20.6. The minimum Gasteiger partial charge on any atom is -0.374 e. The van der Waals surface area contributed by atoms with Crippen molar-refractivity contribution >= 4 is 27.5 Å². The van der Waals surface area contributed by atoms with Gasteiger partial charge in [0, 0.05) is 43.3 Å². The first-order valence-corrected chi connectivity index (χ1v) is 12.8. The predicted molar refractivity (Wildman–Crippen MR) is 142 cm³/mol. The molecule has 0 saturated carbocycles. The number of piperidine rings is 1. The summed E-state index contributed by atoms with van der Waals surface area (Å²) in [5.41, 5.74) is 5.69. The average Bonchev–Trinajstić information content (AvgIpc) is 3.44. The zero-order valence-corrected chi connectivity index (χ0v) is 22.1. The molecule has 0 spiro atoms. The van der Waals surface area contributed by atoms with Gasteiger partial charge in [-0.3, -0.25) is 9.78 Å². The third-order valence-electron chi connectivity index (χ3n) is 6.63. The van der Waals surface area contributed by atoms with Crippen molar-refractivity contribution in [1.82, 2.24) is 25.0 Å². The summed E-state index contributed by atoms with van der Waals surface area (Å²) in [5, 5.41) is 7.42. The monoisotopic (exact) mass is 525 g/mol. The second-order valence-electron chi connectivity index (χ2n) is 8.98. The van der Waals surface area contributed by atoms with Crippen LogP contribution in [-0.2, 0) is 11.2 Å². The standard InChI is InChI=1S/C20H27BrN4O.C7H9N/c1-13(11-14(2)25-15(3)18(21)12-22-25)17-7-9-24(10-8-17)16(4)19-5-6-20(26)23-19;1-2-7-4-3-5-8-6-7/h11-12,17,19H,1,4-10H2,2-3H3,(H,23,26);3-6H,2H2,1H3/b14-11-;. The molecule has 2 aromatic rings. The number of aryl methyl sites for hydroxylation is 1. The number of pyridine rings is 1. The number of carbonyl (C=O) groups excluding carboxylic acids is 1.